The lowest BCUT2D eigenvalue weighted by molar-refractivity contribution is 0.202. The molecule has 0 fully saturated rings. The lowest BCUT2D eigenvalue weighted by Crippen LogP contribution is -2.12. The van der Waals surface area contributed by atoms with Crippen LogP contribution in [0, 0.1) is 29.1 Å². The normalized spacial score (nSPS) is 12.5. The molecule has 1 aromatic carbocycles. The minimum Gasteiger partial charge on any atom is -0.383 e. The van der Waals surface area contributed by atoms with E-state index in [1.165, 1.54) is 0 Å². The summed E-state index contributed by atoms with van der Waals surface area (Å²) in [6, 6.07) is 0. The van der Waals surface area contributed by atoms with E-state index in [1.54, 1.807) is 0 Å². The van der Waals surface area contributed by atoms with Gasteiger partial charge in [-0.2, -0.15) is 0 Å². The first-order valence-corrected chi connectivity index (χ1v) is 4.89. The van der Waals surface area contributed by atoms with Gasteiger partial charge in [0.25, 0.3) is 0 Å². The second-order valence-corrected chi connectivity index (χ2v) is 3.56. The maximum absolute atomic E-state index is 13.4. The van der Waals surface area contributed by atoms with E-state index in [0.717, 1.165) is 18.7 Å². The Morgan fingerprint density at radius 2 is 1.21 bits per heavy atom. The number of rotatable bonds is 2. The smallest absolute Gasteiger partial charge is 0.200 e. The van der Waals surface area contributed by atoms with Crippen molar-refractivity contribution in [3.63, 3.8) is 0 Å². The number of benzene rings is 1. The summed E-state index contributed by atoms with van der Waals surface area (Å²) >= 11 is 0. The lowest BCUT2D eigenvalue weighted by atomic mass is 10.0. The fraction of sp³-hybridized carbons (Fsp3) is 0.0909. The number of hydrogen-bond acceptors (Lipinski definition) is 3. The Balaban J connectivity index is 2.64. The van der Waals surface area contributed by atoms with Gasteiger partial charge in [0.15, 0.2) is 23.3 Å². The molecule has 0 aliphatic carbocycles. The molecule has 1 N–H and O–H groups in total. The van der Waals surface area contributed by atoms with E-state index in [2.05, 4.69) is 9.97 Å². The van der Waals surface area contributed by atoms with Crippen LogP contribution in [0.25, 0.3) is 0 Å². The average Bonchev–Trinajstić information content (AvgIpc) is 2.44. The molecule has 0 aliphatic rings. The molecule has 1 aromatic heterocycles. The first-order chi connectivity index (χ1) is 8.95. The third kappa shape index (κ3) is 2.14. The molecule has 3 nitrogen and oxygen atoms in total. The van der Waals surface area contributed by atoms with Crippen LogP contribution in [0.15, 0.2) is 18.7 Å². The van der Waals surface area contributed by atoms with Gasteiger partial charge in [-0.05, 0) is 0 Å². The number of aromatic nitrogens is 2. The Morgan fingerprint density at radius 1 is 0.789 bits per heavy atom. The topological polar surface area (TPSA) is 46.0 Å². The highest BCUT2D eigenvalue weighted by Crippen LogP contribution is 2.30. The summed E-state index contributed by atoms with van der Waals surface area (Å²) in [4.78, 5) is 6.95. The molecule has 1 heterocycles. The number of hydrogen-bond donors (Lipinski definition) is 1. The van der Waals surface area contributed by atoms with Crippen molar-refractivity contribution in [2.75, 3.05) is 0 Å². The third-order valence-corrected chi connectivity index (χ3v) is 2.41. The van der Waals surface area contributed by atoms with Crippen LogP contribution in [-0.2, 0) is 0 Å². The molecule has 1 atom stereocenters. The minimum atomic E-state index is -2.28. The van der Waals surface area contributed by atoms with Crippen molar-refractivity contribution >= 4 is 0 Å². The molecule has 0 spiro atoms. The molecule has 2 aromatic rings. The van der Waals surface area contributed by atoms with Gasteiger partial charge < -0.3 is 5.11 Å². The molecule has 0 saturated carbocycles. The summed E-state index contributed by atoms with van der Waals surface area (Å²) < 4.78 is 65.6. The molecular formula is C11H5F5N2O. The highest BCUT2D eigenvalue weighted by molar-refractivity contribution is 5.31. The number of aliphatic hydroxyl groups excluding tert-OH is 1. The van der Waals surface area contributed by atoms with E-state index in [1.807, 2.05) is 0 Å². The monoisotopic (exact) mass is 276 g/mol. The van der Waals surface area contributed by atoms with Crippen molar-refractivity contribution in [3.05, 3.63) is 58.9 Å². The molecule has 0 bridgehead atoms. The van der Waals surface area contributed by atoms with Gasteiger partial charge >= 0.3 is 0 Å². The van der Waals surface area contributed by atoms with E-state index in [9.17, 15) is 27.1 Å². The molecule has 0 radical (unpaired) electrons. The summed E-state index contributed by atoms with van der Waals surface area (Å²) in [6.45, 7) is 0. The van der Waals surface area contributed by atoms with Crippen LogP contribution in [0.5, 0.6) is 0 Å². The van der Waals surface area contributed by atoms with Crippen LogP contribution in [0.3, 0.4) is 0 Å². The van der Waals surface area contributed by atoms with Crippen molar-refractivity contribution in [1.82, 2.24) is 9.97 Å². The van der Waals surface area contributed by atoms with Crippen LogP contribution in [0.2, 0.25) is 0 Å². The quantitative estimate of drug-likeness (QED) is 0.520. The highest BCUT2D eigenvalue weighted by Gasteiger charge is 2.30. The van der Waals surface area contributed by atoms with Gasteiger partial charge in [-0.25, -0.2) is 31.9 Å². The zero-order valence-corrected chi connectivity index (χ0v) is 9.04. The van der Waals surface area contributed by atoms with Gasteiger partial charge in [-0.3, -0.25) is 0 Å². The molecule has 1 unspecified atom stereocenters. The summed E-state index contributed by atoms with van der Waals surface area (Å²) in [5.41, 5.74) is -1.54. The average molecular weight is 276 g/mol. The SMILES string of the molecule is OC(c1cncnc1)c1c(F)c(F)c(F)c(F)c1F. The maximum Gasteiger partial charge on any atom is 0.200 e. The van der Waals surface area contributed by atoms with Crippen LogP contribution in [-0.4, -0.2) is 15.1 Å². The Bertz CT molecular complexity index is 591. The van der Waals surface area contributed by atoms with E-state index in [-0.39, 0.29) is 5.56 Å². The van der Waals surface area contributed by atoms with Crippen molar-refractivity contribution in [1.29, 1.82) is 0 Å². The lowest BCUT2D eigenvalue weighted by Gasteiger charge is -2.13. The van der Waals surface area contributed by atoms with Gasteiger partial charge in [0, 0.05) is 18.0 Å². The predicted molar refractivity (Wildman–Crippen MR) is 52.3 cm³/mol. The maximum atomic E-state index is 13.4. The van der Waals surface area contributed by atoms with Crippen LogP contribution in [0.1, 0.15) is 17.2 Å². The van der Waals surface area contributed by atoms with Gasteiger partial charge in [0.2, 0.25) is 5.82 Å². The third-order valence-electron chi connectivity index (χ3n) is 2.41. The second-order valence-electron chi connectivity index (χ2n) is 3.56. The fourth-order valence-electron chi connectivity index (χ4n) is 1.48. The minimum absolute atomic E-state index is 0.203. The first-order valence-electron chi connectivity index (χ1n) is 4.89. The van der Waals surface area contributed by atoms with E-state index in [0.29, 0.717) is 0 Å². The Hall–Kier alpha value is -2.09. The predicted octanol–water partition coefficient (Wildman–Crippen LogP) is 2.25. The van der Waals surface area contributed by atoms with Crippen LogP contribution >= 0.6 is 0 Å². The molecule has 2 rings (SSSR count). The molecular weight excluding hydrogens is 271 g/mol. The molecule has 0 amide bonds. The second kappa shape index (κ2) is 4.88. The van der Waals surface area contributed by atoms with Gasteiger partial charge in [-0.15, -0.1) is 0 Å². The zero-order valence-electron chi connectivity index (χ0n) is 9.04. The molecule has 100 valence electrons. The summed E-state index contributed by atoms with van der Waals surface area (Å²) in [6.07, 6.45) is 1.01. The molecule has 8 heteroatoms. The molecule has 0 saturated heterocycles. The van der Waals surface area contributed by atoms with E-state index in [4.69, 9.17) is 0 Å². The van der Waals surface area contributed by atoms with Gasteiger partial charge in [-0.1, -0.05) is 0 Å². The van der Waals surface area contributed by atoms with E-state index < -0.39 is 40.8 Å². The zero-order chi connectivity index (χ0) is 14.2. The standard InChI is InChI=1S/C11H5F5N2O/c12-6-5(7(13)9(15)10(16)8(6)14)11(19)4-1-17-3-18-2-4/h1-3,11,19H. The van der Waals surface area contributed by atoms with Crippen molar-refractivity contribution in [3.8, 4) is 0 Å². The van der Waals surface area contributed by atoms with Gasteiger partial charge in [0.05, 0.1) is 5.56 Å². The Kier molecular flexibility index (Phi) is 3.43. The number of nitrogens with zero attached hydrogens (tertiary/aromatic N) is 2. The van der Waals surface area contributed by atoms with Crippen LogP contribution in [0.4, 0.5) is 22.0 Å². The molecule has 0 aliphatic heterocycles. The van der Waals surface area contributed by atoms with Crippen molar-refractivity contribution in [2.24, 2.45) is 0 Å². The highest BCUT2D eigenvalue weighted by atomic mass is 19.2. The fourth-order valence-corrected chi connectivity index (χ4v) is 1.48. The molecule has 19 heavy (non-hydrogen) atoms. The summed E-state index contributed by atoms with van der Waals surface area (Å²) in [7, 11) is 0. The van der Waals surface area contributed by atoms with Gasteiger partial charge in [0.1, 0.15) is 12.4 Å². The number of aliphatic hydroxyl groups is 1. The number of halogens is 5. The first kappa shape index (κ1) is 13.3. The Morgan fingerprint density at radius 3 is 1.68 bits per heavy atom. The summed E-state index contributed by atoms with van der Waals surface area (Å²) in [5, 5.41) is 9.68. The van der Waals surface area contributed by atoms with E-state index >= 15 is 0 Å². The van der Waals surface area contributed by atoms with Crippen LogP contribution < -0.4 is 0 Å². The Labute approximate surface area is 103 Å². The summed E-state index contributed by atoms with van der Waals surface area (Å²) in [5.74, 6) is -10.7. The largest absolute Gasteiger partial charge is 0.383 e. The van der Waals surface area contributed by atoms with Crippen molar-refractivity contribution in [2.45, 2.75) is 6.10 Å². The van der Waals surface area contributed by atoms with Crippen molar-refractivity contribution < 1.29 is 27.1 Å².